The Hall–Kier alpha value is -2.96. The van der Waals surface area contributed by atoms with Crippen molar-refractivity contribution in [3.8, 4) is 5.75 Å². The molecule has 1 N–H and O–H groups in total. The highest BCUT2D eigenvalue weighted by molar-refractivity contribution is 5.91. The molecule has 1 saturated heterocycles. The molecule has 0 radical (unpaired) electrons. The summed E-state index contributed by atoms with van der Waals surface area (Å²) in [6, 6.07) is 11.5. The molecule has 1 aliphatic rings. The molecule has 1 amide bonds. The van der Waals surface area contributed by atoms with Crippen LogP contribution in [0.5, 0.6) is 5.75 Å². The van der Waals surface area contributed by atoms with Gasteiger partial charge in [0.2, 0.25) is 0 Å². The van der Waals surface area contributed by atoms with Crippen molar-refractivity contribution in [3.63, 3.8) is 0 Å². The summed E-state index contributed by atoms with van der Waals surface area (Å²) in [5, 5.41) is 3.36. The number of hydrogen-bond donors (Lipinski definition) is 1. The largest absolute Gasteiger partial charge is 0.497 e. The number of nitrogens with zero attached hydrogens (tertiary/aromatic N) is 3. The predicted molar refractivity (Wildman–Crippen MR) is 109 cm³/mol. The molecular weight excluding hydrogens is 356 g/mol. The summed E-state index contributed by atoms with van der Waals surface area (Å²) in [5.41, 5.74) is 1.23. The second-order valence-electron chi connectivity index (χ2n) is 6.59. The number of guanidine groups is 1. The maximum atomic E-state index is 12.4. The Labute approximate surface area is 166 Å². The average molecular weight is 384 g/mol. The lowest BCUT2D eigenvalue weighted by molar-refractivity contribution is 0.0657. The van der Waals surface area contributed by atoms with Crippen LogP contribution in [0.15, 0.2) is 52.1 Å². The van der Waals surface area contributed by atoms with E-state index in [0.29, 0.717) is 25.4 Å². The van der Waals surface area contributed by atoms with Crippen LogP contribution in [0, 0.1) is 0 Å². The molecular formula is C21H28N4O3. The van der Waals surface area contributed by atoms with Gasteiger partial charge in [-0.2, -0.15) is 0 Å². The number of benzene rings is 1. The van der Waals surface area contributed by atoms with Gasteiger partial charge in [-0.05, 0) is 43.2 Å². The molecule has 1 aromatic carbocycles. The number of aliphatic imine (C=N–C) groups is 1. The minimum Gasteiger partial charge on any atom is -0.497 e. The first kappa shape index (κ1) is 19.8. The molecule has 7 nitrogen and oxygen atoms in total. The monoisotopic (exact) mass is 384 g/mol. The van der Waals surface area contributed by atoms with Crippen LogP contribution in [0.2, 0.25) is 0 Å². The van der Waals surface area contributed by atoms with Crippen molar-refractivity contribution in [2.75, 3.05) is 46.4 Å². The maximum absolute atomic E-state index is 12.4. The number of amides is 1. The van der Waals surface area contributed by atoms with Crippen molar-refractivity contribution in [2.24, 2.45) is 4.99 Å². The molecule has 0 aliphatic carbocycles. The van der Waals surface area contributed by atoms with Crippen molar-refractivity contribution >= 4 is 11.9 Å². The average Bonchev–Trinajstić information content (AvgIpc) is 3.28. The smallest absolute Gasteiger partial charge is 0.289 e. The zero-order valence-electron chi connectivity index (χ0n) is 16.6. The van der Waals surface area contributed by atoms with Crippen LogP contribution in [0.3, 0.4) is 0 Å². The standard InChI is InChI=1S/C21H28N4O3/c1-3-22-21(23-11-10-17-6-8-18(27-2)9-7-17)25-14-12-24(13-15-25)20(26)19-5-4-16-28-19/h4-9,16H,3,10-15H2,1-2H3,(H,22,23). The van der Waals surface area contributed by atoms with E-state index in [1.807, 2.05) is 17.0 Å². The number of methoxy groups -OCH3 is 1. The highest BCUT2D eigenvalue weighted by atomic mass is 16.5. The van der Waals surface area contributed by atoms with Crippen molar-refractivity contribution in [1.29, 1.82) is 0 Å². The number of furan rings is 1. The summed E-state index contributed by atoms with van der Waals surface area (Å²) in [4.78, 5) is 21.2. The van der Waals surface area contributed by atoms with Crippen molar-refractivity contribution in [2.45, 2.75) is 13.3 Å². The predicted octanol–water partition coefficient (Wildman–Crippen LogP) is 2.25. The van der Waals surface area contributed by atoms with Gasteiger partial charge in [0.05, 0.1) is 13.4 Å². The molecule has 0 bridgehead atoms. The molecule has 1 fully saturated rings. The highest BCUT2D eigenvalue weighted by Crippen LogP contribution is 2.12. The topological polar surface area (TPSA) is 70.3 Å². The first-order valence-electron chi connectivity index (χ1n) is 9.70. The first-order chi connectivity index (χ1) is 13.7. The molecule has 0 unspecified atom stereocenters. The molecule has 1 aromatic heterocycles. The molecule has 0 saturated carbocycles. The van der Waals surface area contributed by atoms with Gasteiger partial charge in [-0.25, -0.2) is 0 Å². The lowest BCUT2D eigenvalue weighted by atomic mass is 10.1. The van der Waals surface area contributed by atoms with Crippen molar-refractivity contribution < 1.29 is 13.9 Å². The van der Waals surface area contributed by atoms with Crippen LogP contribution in [-0.2, 0) is 6.42 Å². The van der Waals surface area contributed by atoms with E-state index >= 15 is 0 Å². The second kappa shape index (κ2) is 9.82. The quantitative estimate of drug-likeness (QED) is 0.611. The van der Waals surface area contributed by atoms with Crippen molar-refractivity contribution in [1.82, 2.24) is 15.1 Å². The molecule has 1 aliphatic heterocycles. The summed E-state index contributed by atoms with van der Waals surface area (Å²) in [7, 11) is 1.67. The molecule has 0 atom stereocenters. The summed E-state index contributed by atoms with van der Waals surface area (Å²) in [6.45, 7) is 6.40. The molecule has 28 heavy (non-hydrogen) atoms. The maximum Gasteiger partial charge on any atom is 0.289 e. The minimum atomic E-state index is -0.0499. The van der Waals surface area contributed by atoms with E-state index in [0.717, 1.165) is 37.8 Å². The fraction of sp³-hybridized carbons (Fsp3) is 0.429. The molecule has 0 spiro atoms. The highest BCUT2D eigenvalue weighted by Gasteiger charge is 2.25. The molecule has 2 aromatic rings. The summed E-state index contributed by atoms with van der Waals surface area (Å²) in [5.74, 6) is 2.11. The van der Waals surface area contributed by atoms with E-state index in [2.05, 4.69) is 29.3 Å². The third-order valence-electron chi connectivity index (χ3n) is 4.75. The molecule has 2 heterocycles. The van der Waals surface area contributed by atoms with Crippen LogP contribution >= 0.6 is 0 Å². The van der Waals surface area contributed by atoms with Crippen LogP contribution in [0.4, 0.5) is 0 Å². The second-order valence-corrected chi connectivity index (χ2v) is 6.59. The number of rotatable bonds is 6. The summed E-state index contributed by atoms with van der Waals surface area (Å²) >= 11 is 0. The lowest BCUT2D eigenvalue weighted by Gasteiger charge is -2.36. The van der Waals surface area contributed by atoms with Gasteiger partial charge in [0.15, 0.2) is 11.7 Å². The van der Waals surface area contributed by atoms with Gasteiger partial charge < -0.3 is 24.3 Å². The van der Waals surface area contributed by atoms with Crippen LogP contribution in [0.25, 0.3) is 0 Å². The number of carbonyl (C=O) groups excluding carboxylic acids is 1. The Morgan fingerprint density at radius 2 is 1.86 bits per heavy atom. The van der Waals surface area contributed by atoms with E-state index < -0.39 is 0 Å². The van der Waals surface area contributed by atoms with Gasteiger partial charge in [0, 0.05) is 39.3 Å². The van der Waals surface area contributed by atoms with E-state index in [9.17, 15) is 4.79 Å². The number of carbonyl (C=O) groups is 1. The lowest BCUT2D eigenvalue weighted by Crippen LogP contribution is -2.53. The Kier molecular flexibility index (Phi) is 6.94. The minimum absolute atomic E-state index is 0.0499. The SMILES string of the molecule is CCNC(=NCCc1ccc(OC)cc1)N1CCN(C(=O)c2ccco2)CC1. The van der Waals surface area contributed by atoms with Crippen LogP contribution in [-0.4, -0.2) is 68.0 Å². The van der Waals surface area contributed by atoms with Gasteiger partial charge in [-0.3, -0.25) is 9.79 Å². The Morgan fingerprint density at radius 1 is 1.14 bits per heavy atom. The summed E-state index contributed by atoms with van der Waals surface area (Å²) < 4.78 is 10.4. The van der Waals surface area contributed by atoms with E-state index in [-0.39, 0.29) is 5.91 Å². The number of piperazine rings is 1. The van der Waals surface area contributed by atoms with Gasteiger partial charge in [-0.15, -0.1) is 0 Å². The number of hydrogen-bond acceptors (Lipinski definition) is 4. The normalized spacial score (nSPS) is 14.9. The van der Waals surface area contributed by atoms with E-state index in [1.165, 1.54) is 11.8 Å². The van der Waals surface area contributed by atoms with Crippen LogP contribution < -0.4 is 10.1 Å². The van der Waals surface area contributed by atoms with Gasteiger partial charge in [0.25, 0.3) is 5.91 Å². The van der Waals surface area contributed by atoms with Gasteiger partial charge in [0.1, 0.15) is 5.75 Å². The fourth-order valence-electron chi connectivity index (χ4n) is 3.19. The first-order valence-corrected chi connectivity index (χ1v) is 9.70. The third-order valence-corrected chi connectivity index (χ3v) is 4.75. The fourth-order valence-corrected chi connectivity index (χ4v) is 3.19. The number of ether oxygens (including phenoxy) is 1. The zero-order chi connectivity index (χ0) is 19.8. The Bertz CT molecular complexity index is 763. The third kappa shape index (κ3) is 5.06. The molecule has 3 rings (SSSR count). The van der Waals surface area contributed by atoms with Crippen LogP contribution in [0.1, 0.15) is 23.0 Å². The number of nitrogens with one attached hydrogen (secondary N) is 1. The van der Waals surface area contributed by atoms with E-state index in [4.69, 9.17) is 14.1 Å². The zero-order valence-corrected chi connectivity index (χ0v) is 16.6. The van der Waals surface area contributed by atoms with Gasteiger partial charge in [-0.1, -0.05) is 12.1 Å². The van der Waals surface area contributed by atoms with Crippen molar-refractivity contribution in [3.05, 3.63) is 54.0 Å². The molecule has 7 heteroatoms. The molecule has 150 valence electrons. The van der Waals surface area contributed by atoms with E-state index in [1.54, 1.807) is 19.2 Å². The Morgan fingerprint density at radius 3 is 2.46 bits per heavy atom. The van der Waals surface area contributed by atoms with Gasteiger partial charge >= 0.3 is 0 Å². The Balaban J connectivity index is 1.53. The summed E-state index contributed by atoms with van der Waals surface area (Å²) in [6.07, 6.45) is 2.40.